The Hall–Kier alpha value is -1.16. The Labute approximate surface area is 113 Å². The molecule has 0 radical (unpaired) electrons. The van der Waals surface area contributed by atoms with Gasteiger partial charge in [-0.2, -0.15) is 11.8 Å². The summed E-state index contributed by atoms with van der Waals surface area (Å²) in [4.78, 5) is 14.4. The lowest BCUT2D eigenvalue weighted by Crippen LogP contribution is -2.38. The molecular formula is C14H20N2OS. The normalized spacial score (nSPS) is 15.5. The summed E-state index contributed by atoms with van der Waals surface area (Å²) in [6.45, 7) is 4.76. The number of thioether (sulfide) groups is 1. The van der Waals surface area contributed by atoms with Crippen molar-refractivity contribution in [3.63, 3.8) is 0 Å². The zero-order chi connectivity index (χ0) is 12.8. The molecule has 1 aromatic rings. The van der Waals surface area contributed by atoms with Crippen molar-refractivity contribution in [2.75, 3.05) is 36.5 Å². The highest BCUT2D eigenvalue weighted by Gasteiger charge is 2.20. The fourth-order valence-electron chi connectivity index (χ4n) is 2.02. The SMILES string of the molecule is CCCNc1ccccc1C(=O)N1CCSCC1. The van der Waals surface area contributed by atoms with Crippen LogP contribution in [0.25, 0.3) is 0 Å². The molecule has 0 unspecified atom stereocenters. The van der Waals surface area contributed by atoms with E-state index in [1.165, 1.54) is 0 Å². The van der Waals surface area contributed by atoms with E-state index < -0.39 is 0 Å². The molecule has 0 spiro atoms. The number of amides is 1. The van der Waals surface area contributed by atoms with Gasteiger partial charge in [0.25, 0.3) is 5.91 Å². The van der Waals surface area contributed by atoms with Crippen LogP contribution in [0.2, 0.25) is 0 Å². The zero-order valence-corrected chi connectivity index (χ0v) is 11.6. The van der Waals surface area contributed by atoms with Gasteiger partial charge in [0.1, 0.15) is 0 Å². The van der Waals surface area contributed by atoms with Crippen molar-refractivity contribution in [3.05, 3.63) is 29.8 Å². The van der Waals surface area contributed by atoms with E-state index in [9.17, 15) is 4.79 Å². The van der Waals surface area contributed by atoms with Gasteiger partial charge in [-0.3, -0.25) is 4.79 Å². The van der Waals surface area contributed by atoms with Crippen molar-refractivity contribution in [1.82, 2.24) is 4.90 Å². The molecule has 1 fully saturated rings. The quantitative estimate of drug-likeness (QED) is 0.907. The van der Waals surface area contributed by atoms with Crippen molar-refractivity contribution in [2.45, 2.75) is 13.3 Å². The topological polar surface area (TPSA) is 32.3 Å². The van der Waals surface area contributed by atoms with Gasteiger partial charge in [-0.15, -0.1) is 0 Å². The molecule has 1 aliphatic heterocycles. The first kappa shape index (κ1) is 13.3. The van der Waals surface area contributed by atoms with Crippen LogP contribution in [-0.2, 0) is 0 Å². The minimum absolute atomic E-state index is 0.162. The van der Waals surface area contributed by atoms with Crippen LogP contribution in [0.1, 0.15) is 23.7 Å². The number of hydrogen-bond donors (Lipinski definition) is 1. The van der Waals surface area contributed by atoms with Crippen LogP contribution in [0.3, 0.4) is 0 Å². The predicted molar refractivity (Wildman–Crippen MR) is 78.5 cm³/mol. The maximum atomic E-state index is 12.5. The standard InChI is InChI=1S/C14H20N2OS/c1-2-7-15-13-6-4-3-5-12(13)14(17)16-8-10-18-11-9-16/h3-6,15H,2,7-11H2,1H3. The number of carbonyl (C=O) groups excluding carboxylic acids is 1. The molecule has 0 atom stereocenters. The van der Waals surface area contributed by atoms with Gasteiger partial charge in [0.15, 0.2) is 0 Å². The number of anilines is 1. The van der Waals surface area contributed by atoms with E-state index in [2.05, 4.69) is 12.2 Å². The van der Waals surface area contributed by atoms with Crippen molar-refractivity contribution >= 4 is 23.4 Å². The average Bonchev–Trinajstić information content (AvgIpc) is 2.45. The molecule has 4 heteroatoms. The molecule has 2 rings (SSSR count). The van der Waals surface area contributed by atoms with Gasteiger partial charge in [-0.1, -0.05) is 19.1 Å². The van der Waals surface area contributed by atoms with Gasteiger partial charge < -0.3 is 10.2 Å². The monoisotopic (exact) mass is 264 g/mol. The Morgan fingerprint density at radius 1 is 1.33 bits per heavy atom. The Morgan fingerprint density at radius 3 is 2.78 bits per heavy atom. The van der Waals surface area contributed by atoms with Crippen LogP contribution >= 0.6 is 11.8 Å². The fraction of sp³-hybridized carbons (Fsp3) is 0.500. The molecule has 98 valence electrons. The second-order valence-corrected chi connectivity index (χ2v) is 5.60. The van der Waals surface area contributed by atoms with Crippen LogP contribution in [0, 0.1) is 0 Å². The zero-order valence-electron chi connectivity index (χ0n) is 10.8. The number of rotatable bonds is 4. The fourth-order valence-corrected chi connectivity index (χ4v) is 2.92. The van der Waals surface area contributed by atoms with Gasteiger partial charge in [0.2, 0.25) is 0 Å². The average molecular weight is 264 g/mol. The number of benzene rings is 1. The minimum Gasteiger partial charge on any atom is -0.384 e. The summed E-state index contributed by atoms with van der Waals surface area (Å²) in [7, 11) is 0. The van der Waals surface area contributed by atoms with Crippen molar-refractivity contribution in [3.8, 4) is 0 Å². The lowest BCUT2D eigenvalue weighted by atomic mass is 10.1. The summed E-state index contributed by atoms with van der Waals surface area (Å²) in [5, 5.41) is 3.33. The summed E-state index contributed by atoms with van der Waals surface area (Å²) >= 11 is 1.92. The molecule has 1 aliphatic rings. The Balaban J connectivity index is 2.12. The summed E-state index contributed by atoms with van der Waals surface area (Å²) < 4.78 is 0. The van der Waals surface area contributed by atoms with Crippen LogP contribution in [0.15, 0.2) is 24.3 Å². The van der Waals surface area contributed by atoms with Crippen LogP contribution in [0.4, 0.5) is 5.69 Å². The highest BCUT2D eigenvalue weighted by atomic mass is 32.2. The van der Waals surface area contributed by atoms with E-state index in [0.29, 0.717) is 0 Å². The Morgan fingerprint density at radius 2 is 2.06 bits per heavy atom. The summed E-state index contributed by atoms with van der Waals surface area (Å²) in [5.74, 6) is 2.27. The maximum absolute atomic E-state index is 12.5. The number of hydrogen-bond acceptors (Lipinski definition) is 3. The van der Waals surface area contributed by atoms with Crippen LogP contribution in [0.5, 0.6) is 0 Å². The van der Waals surface area contributed by atoms with Crippen LogP contribution < -0.4 is 5.32 Å². The lowest BCUT2D eigenvalue weighted by molar-refractivity contribution is 0.0773. The number of nitrogens with zero attached hydrogens (tertiary/aromatic N) is 1. The molecule has 1 saturated heterocycles. The number of nitrogens with one attached hydrogen (secondary N) is 1. The van der Waals surface area contributed by atoms with Crippen molar-refractivity contribution in [1.29, 1.82) is 0 Å². The molecular weight excluding hydrogens is 244 g/mol. The molecule has 0 bridgehead atoms. The second-order valence-electron chi connectivity index (χ2n) is 4.38. The molecule has 1 N–H and O–H groups in total. The molecule has 3 nitrogen and oxygen atoms in total. The highest BCUT2D eigenvalue weighted by Crippen LogP contribution is 2.19. The molecule has 0 aliphatic carbocycles. The Kier molecular flexibility index (Phi) is 4.93. The molecule has 1 heterocycles. The summed E-state index contributed by atoms with van der Waals surface area (Å²) in [6.07, 6.45) is 1.06. The number of para-hydroxylation sites is 1. The van der Waals surface area contributed by atoms with E-state index >= 15 is 0 Å². The summed E-state index contributed by atoms with van der Waals surface area (Å²) in [5.41, 5.74) is 1.76. The largest absolute Gasteiger partial charge is 0.384 e. The van der Waals surface area contributed by atoms with Gasteiger partial charge in [-0.25, -0.2) is 0 Å². The van der Waals surface area contributed by atoms with Gasteiger partial charge in [0, 0.05) is 36.8 Å². The lowest BCUT2D eigenvalue weighted by Gasteiger charge is -2.27. The highest BCUT2D eigenvalue weighted by molar-refractivity contribution is 7.99. The first-order chi connectivity index (χ1) is 8.83. The first-order valence-electron chi connectivity index (χ1n) is 6.53. The third-order valence-corrected chi connectivity index (χ3v) is 3.96. The number of carbonyl (C=O) groups is 1. The van der Waals surface area contributed by atoms with Crippen molar-refractivity contribution < 1.29 is 4.79 Å². The van der Waals surface area contributed by atoms with Gasteiger partial charge in [-0.05, 0) is 18.6 Å². The van der Waals surface area contributed by atoms with E-state index in [4.69, 9.17) is 0 Å². The van der Waals surface area contributed by atoms with Crippen LogP contribution in [-0.4, -0.2) is 41.9 Å². The van der Waals surface area contributed by atoms with E-state index in [1.807, 2.05) is 40.9 Å². The first-order valence-corrected chi connectivity index (χ1v) is 7.68. The third-order valence-electron chi connectivity index (χ3n) is 3.02. The third kappa shape index (κ3) is 3.19. The maximum Gasteiger partial charge on any atom is 0.256 e. The van der Waals surface area contributed by atoms with E-state index in [1.54, 1.807) is 0 Å². The Bertz CT molecular complexity index is 403. The molecule has 1 amide bonds. The molecule has 0 saturated carbocycles. The smallest absolute Gasteiger partial charge is 0.256 e. The van der Waals surface area contributed by atoms with Crippen molar-refractivity contribution in [2.24, 2.45) is 0 Å². The molecule has 0 aromatic heterocycles. The molecule has 18 heavy (non-hydrogen) atoms. The predicted octanol–water partition coefficient (Wildman–Crippen LogP) is 2.70. The van der Waals surface area contributed by atoms with E-state index in [0.717, 1.165) is 48.8 Å². The molecule has 1 aromatic carbocycles. The van der Waals surface area contributed by atoms with Gasteiger partial charge >= 0.3 is 0 Å². The minimum atomic E-state index is 0.162. The van der Waals surface area contributed by atoms with Gasteiger partial charge in [0.05, 0.1) is 5.56 Å². The second kappa shape index (κ2) is 6.69. The van der Waals surface area contributed by atoms with E-state index in [-0.39, 0.29) is 5.91 Å². The summed E-state index contributed by atoms with van der Waals surface area (Å²) in [6, 6.07) is 7.81.